The highest BCUT2D eigenvalue weighted by molar-refractivity contribution is 7.89. The summed E-state index contributed by atoms with van der Waals surface area (Å²) in [6.07, 6.45) is 3.84. The maximum absolute atomic E-state index is 12.7. The Kier molecular flexibility index (Phi) is 6.08. The van der Waals surface area contributed by atoms with Gasteiger partial charge in [-0.05, 0) is 43.7 Å². The molecule has 2 aliphatic rings. The molecule has 0 spiro atoms. The van der Waals surface area contributed by atoms with Crippen LogP contribution in [0.1, 0.15) is 32.6 Å². The van der Waals surface area contributed by atoms with Crippen LogP contribution in [-0.4, -0.2) is 49.7 Å². The minimum Gasteiger partial charge on any atom is -0.379 e. The first-order valence-electron chi connectivity index (χ1n) is 9.05. The van der Waals surface area contributed by atoms with Crippen LogP contribution >= 0.6 is 0 Å². The van der Waals surface area contributed by atoms with Crippen molar-refractivity contribution >= 4 is 27.1 Å². The fraction of sp³-hybridized carbons (Fsp3) is 0.588. The highest BCUT2D eigenvalue weighted by Gasteiger charge is 2.29. The largest absolute Gasteiger partial charge is 0.379 e. The lowest BCUT2D eigenvalue weighted by Gasteiger charge is -2.26. The number of hydrogen-bond donors (Lipinski definition) is 1. The van der Waals surface area contributed by atoms with E-state index in [1.165, 1.54) is 16.4 Å². The Morgan fingerprint density at radius 3 is 2.56 bits per heavy atom. The molecular formula is C17H24N4O5S. The number of nitrogens with zero attached hydrogens (tertiary/aromatic N) is 3. The molecule has 1 aromatic rings. The van der Waals surface area contributed by atoms with Gasteiger partial charge >= 0.3 is 0 Å². The van der Waals surface area contributed by atoms with Crippen LogP contribution in [0.4, 0.5) is 11.4 Å². The van der Waals surface area contributed by atoms with Gasteiger partial charge in [0.05, 0.1) is 23.0 Å². The fourth-order valence-corrected chi connectivity index (χ4v) is 4.63. The molecule has 1 saturated heterocycles. The van der Waals surface area contributed by atoms with Gasteiger partial charge in [0.15, 0.2) is 0 Å². The van der Waals surface area contributed by atoms with E-state index in [2.05, 4.69) is 17.5 Å². The standard InChI is InChI=1S/C17H24N4O5S/c1-13-2-4-14(5-3-13)18-19-16-7-6-15(12-17(16)21(22)23)27(24,25)20-8-10-26-11-9-20/h6-7,12-13,19H,2-5,8-11H2,1H3. The SMILES string of the molecule is CC1CCC(=NNc2ccc(S(=O)(=O)N3CCOCC3)cc2[N+](=O)[O-])CC1. The zero-order valence-corrected chi connectivity index (χ0v) is 16.1. The Labute approximate surface area is 158 Å². The van der Waals surface area contributed by atoms with Crippen LogP contribution in [0.15, 0.2) is 28.2 Å². The summed E-state index contributed by atoms with van der Waals surface area (Å²) in [6, 6.07) is 3.88. The lowest BCUT2D eigenvalue weighted by atomic mass is 9.90. The molecule has 1 aliphatic carbocycles. The summed E-state index contributed by atoms with van der Waals surface area (Å²) < 4.78 is 31.9. The highest BCUT2D eigenvalue weighted by atomic mass is 32.2. The number of benzene rings is 1. The summed E-state index contributed by atoms with van der Waals surface area (Å²) in [5.74, 6) is 0.669. The maximum atomic E-state index is 12.7. The molecule has 3 rings (SSSR count). The van der Waals surface area contributed by atoms with Crippen molar-refractivity contribution in [2.75, 3.05) is 31.7 Å². The Morgan fingerprint density at radius 1 is 1.26 bits per heavy atom. The van der Waals surface area contributed by atoms with Crippen molar-refractivity contribution < 1.29 is 18.1 Å². The third-order valence-electron chi connectivity index (χ3n) is 4.96. The number of morpholine rings is 1. The molecule has 1 aliphatic heterocycles. The summed E-state index contributed by atoms with van der Waals surface area (Å²) in [7, 11) is -3.79. The Hall–Kier alpha value is -2.04. The van der Waals surface area contributed by atoms with Gasteiger partial charge in [-0.25, -0.2) is 8.42 Å². The Bertz CT molecular complexity index is 824. The minimum absolute atomic E-state index is 0.0965. The molecule has 148 valence electrons. The summed E-state index contributed by atoms with van der Waals surface area (Å²) in [6.45, 7) is 3.31. The Balaban J connectivity index is 1.82. The van der Waals surface area contributed by atoms with Crippen molar-refractivity contribution in [3.05, 3.63) is 28.3 Å². The number of nitro benzene ring substituents is 1. The number of nitro groups is 1. The van der Waals surface area contributed by atoms with E-state index in [1.54, 1.807) is 0 Å². The van der Waals surface area contributed by atoms with E-state index in [0.29, 0.717) is 19.1 Å². The second-order valence-corrected chi connectivity index (χ2v) is 8.86. The number of anilines is 1. The van der Waals surface area contributed by atoms with Crippen LogP contribution in [0.5, 0.6) is 0 Å². The number of sulfonamides is 1. The van der Waals surface area contributed by atoms with Crippen LogP contribution in [0.25, 0.3) is 0 Å². The predicted octanol–water partition coefficient (Wildman–Crippen LogP) is 2.59. The van der Waals surface area contributed by atoms with Crippen molar-refractivity contribution in [1.82, 2.24) is 4.31 Å². The smallest absolute Gasteiger partial charge is 0.295 e. The third-order valence-corrected chi connectivity index (χ3v) is 6.85. The fourth-order valence-electron chi connectivity index (χ4n) is 3.20. The van der Waals surface area contributed by atoms with E-state index < -0.39 is 14.9 Å². The van der Waals surface area contributed by atoms with Gasteiger partial charge in [0.2, 0.25) is 10.0 Å². The molecule has 0 atom stereocenters. The van der Waals surface area contributed by atoms with E-state index in [9.17, 15) is 18.5 Å². The second-order valence-electron chi connectivity index (χ2n) is 6.92. The van der Waals surface area contributed by atoms with E-state index in [-0.39, 0.29) is 29.4 Å². The molecule has 0 bridgehead atoms. The topological polar surface area (TPSA) is 114 Å². The molecule has 27 heavy (non-hydrogen) atoms. The first-order valence-corrected chi connectivity index (χ1v) is 10.5. The zero-order valence-electron chi connectivity index (χ0n) is 15.3. The molecule has 0 amide bonds. The highest BCUT2D eigenvalue weighted by Crippen LogP contribution is 2.30. The van der Waals surface area contributed by atoms with Gasteiger partial charge in [-0.3, -0.25) is 15.5 Å². The monoisotopic (exact) mass is 396 g/mol. The molecule has 0 unspecified atom stereocenters. The molecular weight excluding hydrogens is 372 g/mol. The van der Waals surface area contributed by atoms with E-state index in [1.807, 2.05) is 0 Å². The molecule has 10 heteroatoms. The number of hydrogen-bond acceptors (Lipinski definition) is 7. The summed E-state index contributed by atoms with van der Waals surface area (Å²) in [5.41, 5.74) is 3.61. The van der Waals surface area contributed by atoms with E-state index in [0.717, 1.165) is 37.5 Å². The number of nitrogens with one attached hydrogen (secondary N) is 1. The molecule has 2 fully saturated rings. The van der Waals surface area contributed by atoms with Crippen LogP contribution in [0.2, 0.25) is 0 Å². The van der Waals surface area contributed by atoms with Crippen molar-refractivity contribution in [1.29, 1.82) is 0 Å². The quantitative estimate of drug-likeness (QED) is 0.604. The molecule has 1 aromatic carbocycles. The molecule has 9 nitrogen and oxygen atoms in total. The first kappa shape index (κ1) is 19.7. The van der Waals surface area contributed by atoms with Crippen molar-refractivity contribution in [3.8, 4) is 0 Å². The molecule has 1 heterocycles. The van der Waals surface area contributed by atoms with E-state index in [4.69, 9.17) is 4.74 Å². The van der Waals surface area contributed by atoms with Crippen LogP contribution < -0.4 is 5.43 Å². The van der Waals surface area contributed by atoms with Crippen molar-refractivity contribution in [2.24, 2.45) is 11.0 Å². The lowest BCUT2D eigenvalue weighted by molar-refractivity contribution is -0.384. The normalized spacial score (nSPS) is 21.7. The van der Waals surface area contributed by atoms with Gasteiger partial charge in [0, 0.05) is 24.9 Å². The summed E-state index contributed by atoms with van der Waals surface area (Å²) in [4.78, 5) is 10.8. The summed E-state index contributed by atoms with van der Waals surface area (Å²) >= 11 is 0. The third kappa shape index (κ3) is 4.63. The molecule has 1 N–H and O–H groups in total. The minimum atomic E-state index is -3.79. The second kappa shape index (κ2) is 8.32. The first-order chi connectivity index (χ1) is 12.9. The van der Waals surface area contributed by atoms with Crippen LogP contribution in [0.3, 0.4) is 0 Å². The van der Waals surface area contributed by atoms with Gasteiger partial charge in [0.1, 0.15) is 5.69 Å². The van der Waals surface area contributed by atoms with Crippen molar-refractivity contribution in [2.45, 2.75) is 37.5 Å². The van der Waals surface area contributed by atoms with Gasteiger partial charge < -0.3 is 4.74 Å². The predicted molar refractivity (Wildman–Crippen MR) is 101 cm³/mol. The number of rotatable bonds is 5. The summed E-state index contributed by atoms with van der Waals surface area (Å²) in [5, 5.41) is 15.8. The molecule has 0 radical (unpaired) electrons. The maximum Gasteiger partial charge on any atom is 0.295 e. The van der Waals surface area contributed by atoms with Crippen molar-refractivity contribution in [3.63, 3.8) is 0 Å². The van der Waals surface area contributed by atoms with Gasteiger partial charge in [-0.15, -0.1) is 0 Å². The number of ether oxygens (including phenoxy) is 1. The average molecular weight is 396 g/mol. The zero-order chi connectivity index (χ0) is 19.4. The van der Waals surface area contributed by atoms with Gasteiger partial charge in [-0.2, -0.15) is 9.41 Å². The molecule has 0 aromatic heterocycles. The lowest BCUT2D eigenvalue weighted by Crippen LogP contribution is -2.40. The van der Waals surface area contributed by atoms with E-state index >= 15 is 0 Å². The number of hydrazone groups is 1. The average Bonchev–Trinajstić information content (AvgIpc) is 2.68. The van der Waals surface area contributed by atoms with Crippen LogP contribution in [0, 0.1) is 16.0 Å². The van der Waals surface area contributed by atoms with Gasteiger partial charge in [0.25, 0.3) is 5.69 Å². The molecule has 1 saturated carbocycles. The van der Waals surface area contributed by atoms with Crippen LogP contribution in [-0.2, 0) is 14.8 Å². The van der Waals surface area contributed by atoms with Gasteiger partial charge in [-0.1, -0.05) is 6.92 Å². The Morgan fingerprint density at radius 2 is 1.93 bits per heavy atom.